The van der Waals surface area contributed by atoms with Gasteiger partial charge in [0.1, 0.15) is 24.4 Å². The maximum absolute atomic E-state index is 10.4. The molecule has 5 N–H and O–H groups in total. The number of aliphatic hydroxyl groups is 4. The van der Waals surface area contributed by atoms with Gasteiger partial charge in [-0.15, -0.1) is 0 Å². The van der Waals surface area contributed by atoms with Gasteiger partial charge in [-0.1, -0.05) is 0 Å². The number of ether oxygens (including phenoxy) is 1. The molecule has 0 aromatic rings. The van der Waals surface area contributed by atoms with Gasteiger partial charge in [0.25, 0.3) is 0 Å². The molecule has 5 atom stereocenters. The van der Waals surface area contributed by atoms with Crippen molar-refractivity contribution in [3.05, 3.63) is 0 Å². The summed E-state index contributed by atoms with van der Waals surface area (Å²) in [4.78, 5) is 0. The molecule has 1 fully saturated rings. The molecule has 0 saturated carbocycles. The van der Waals surface area contributed by atoms with E-state index in [1.807, 2.05) is 0 Å². The molecule has 0 aromatic carbocycles. The van der Waals surface area contributed by atoms with Crippen molar-refractivity contribution in [2.75, 3.05) is 6.61 Å². The lowest BCUT2D eigenvalue weighted by atomic mass is 9.99. The van der Waals surface area contributed by atoms with Crippen molar-refractivity contribution < 1.29 is 42.3 Å². The molecule has 0 bridgehead atoms. The van der Waals surface area contributed by atoms with Gasteiger partial charge >= 0.3 is 10.4 Å². The predicted molar refractivity (Wildman–Crippen MR) is 46.4 cm³/mol. The van der Waals surface area contributed by atoms with Crippen LogP contribution < -0.4 is 0 Å². The summed E-state index contributed by atoms with van der Waals surface area (Å²) in [6, 6.07) is 0. The molecule has 96 valence electrons. The average Bonchev–Trinajstić information content (AvgIpc) is 2.17. The first kappa shape index (κ1) is 13.7. The van der Waals surface area contributed by atoms with Crippen molar-refractivity contribution >= 4 is 10.4 Å². The summed E-state index contributed by atoms with van der Waals surface area (Å²) in [5, 5.41) is 36.5. The van der Waals surface area contributed by atoms with Crippen LogP contribution in [0.4, 0.5) is 0 Å². The number of hydrogen-bond acceptors (Lipinski definition) is 8. The first-order valence-corrected chi connectivity index (χ1v) is 5.59. The molecule has 1 heterocycles. The van der Waals surface area contributed by atoms with Crippen LogP contribution in [-0.4, -0.2) is 70.7 Å². The highest BCUT2D eigenvalue weighted by molar-refractivity contribution is 7.80. The number of aliphatic hydroxyl groups excluding tert-OH is 4. The lowest BCUT2D eigenvalue weighted by Crippen LogP contribution is -2.59. The van der Waals surface area contributed by atoms with Crippen LogP contribution in [0.25, 0.3) is 0 Å². The normalized spacial score (nSPS) is 40.9. The second-order valence-electron chi connectivity index (χ2n) is 3.22. The van der Waals surface area contributed by atoms with E-state index in [0.717, 1.165) is 0 Å². The Balaban J connectivity index is 2.85. The maximum atomic E-state index is 10.4. The van der Waals surface area contributed by atoms with Crippen LogP contribution in [0.5, 0.6) is 0 Å². The van der Waals surface area contributed by atoms with Gasteiger partial charge in [-0.05, 0) is 0 Å². The number of rotatable bonds is 3. The Labute approximate surface area is 90.8 Å². The van der Waals surface area contributed by atoms with Crippen LogP contribution in [0.1, 0.15) is 0 Å². The second-order valence-corrected chi connectivity index (χ2v) is 4.27. The molecule has 1 rings (SSSR count). The average molecular weight is 260 g/mol. The minimum atomic E-state index is -4.91. The summed E-state index contributed by atoms with van der Waals surface area (Å²) in [5.74, 6) is 0. The topological polar surface area (TPSA) is 154 Å². The van der Waals surface area contributed by atoms with E-state index >= 15 is 0 Å². The fourth-order valence-electron chi connectivity index (χ4n) is 1.32. The highest BCUT2D eigenvalue weighted by Gasteiger charge is 2.46. The summed E-state index contributed by atoms with van der Waals surface area (Å²) >= 11 is 0. The maximum Gasteiger partial charge on any atom is 0.397 e. The van der Waals surface area contributed by atoms with Crippen LogP contribution in [-0.2, 0) is 19.3 Å². The van der Waals surface area contributed by atoms with Crippen molar-refractivity contribution in [3.63, 3.8) is 0 Å². The van der Waals surface area contributed by atoms with Crippen LogP contribution in [0.15, 0.2) is 0 Å². The highest BCUT2D eigenvalue weighted by Crippen LogP contribution is 2.23. The predicted octanol–water partition coefficient (Wildman–Crippen LogP) is -3.39. The molecule has 1 aliphatic heterocycles. The van der Waals surface area contributed by atoms with Gasteiger partial charge in [0, 0.05) is 0 Å². The first-order valence-electron chi connectivity index (χ1n) is 4.22. The van der Waals surface area contributed by atoms with E-state index in [4.69, 9.17) is 14.8 Å². The molecule has 16 heavy (non-hydrogen) atoms. The summed E-state index contributed by atoms with van der Waals surface area (Å²) < 4.78 is 37.8. The minimum absolute atomic E-state index is 0.726. The van der Waals surface area contributed by atoms with Gasteiger partial charge in [0.05, 0.1) is 6.61 Å². The van der Waals surface area contributed by atoms with Gasteiger partial charge in [-0.3, -0.25) is 4.55 Å². The van der Waals surface area contributed by atoms with Gasteiger partial charge < -0.3 is 25.2 Å². The molecular formula is C6H12O9S. The largest absolute Gasteiger partial charge is 0.397 e. The van der Waals surface area contributed by atoms with Crippen molar-refractivity contribution in [3.8, 4) is 0 Å². The molecule has 2 unspecified atom stereocenters. The van der Waals surface area contributed by atoms with Crippen molar-refractivity contribution in [1.82, 2.24) is 0 Å². The van der Waals surface area contributed by atoms with Crippen LogP contribution in [0.3, 0.4) is 0 Å². The van der Waals surface area contributed by atoms with Crippen molar-refractivity contribution in [1.29, 1.82) is 0 Å². The lowest BCUT2D eigenvalue weighted by Gasteiger charge is -2.38. The molecule has 0 spiro atoms. The van der Waals surface area contributed by atoms with E-state index < -0.39 is 47.7 Å². The lowest BCUT2D eigenvalue weighted by molar-refractivity contribution is -0.282. The Morgan fingerprint density at radius 2 is 1.75 bits per heavy atom. The van der Waals surface area contributed by atoms with E-state index in [0.29, 0.717) is 0 Å². The molecule has 9 nitrogen and oxygen atoms in total. The smallest absolute Gasteiger partial charge is 0.394 e. The third kappa shape index (κ3) is 3.09. The van der Waals surface area contributed by atoms with Crippen LogP contribution >= 0.6 is 0 Å². The summed E-state index contributed by atoms with van der Waals surface area (Å²) in [6.45, 7) is -0.726. The molecule has 0 aliphatic carbocycles. The van der Waals surface area contributed by atoms with Gasteiger partial charge in [0.2, 0.25) is 0 Å². The Bertz CT molecular complexity index is 327. The summed E-state index contributed by atoms with van der Waals surface area (Å²) in [6.07, 6.45) is -8.58. The molecule has 10 heteroatoms. The van der Waals surface area contributed by atoms with E-state index in [1.54, 1.807) is 0 Å². The number of hydrogen-bond donors (Lipinski definition) is 5. The van der Waals surface area contributed by atoms with Crippen LogP contribution in [0, 0.1) is 0 Å². The zero-order valence-corrected chi connectivity index (χ0v) is 8.69. The first-order chi connectivity index (χ1) is 7.26. The standard InChI is InChI=1S/C6H12O9S/c7-1-2-3(8)5(15-16(11,12)13)4(9)6(10)14-2/h2-10H,1H2,(H,11,12,13)/t2?,3-,4?,5-,6+/m0/s1. The monoisotopic (exact) mass is 260 g/mol. The quantitative estimate of drug-likeness (QED) is 0.327. The molecule has 1 saturated heterocycles. The third-order valence-corrected chi connectivity index (χ3v) is 2.54. The Morgan fingerprint density at radius 3 is 2.19 bits per heavy atom. The molecule has 0 aromatic heterocycles. The second kappa shape index (κ2) is 4.89. The third-order valence-electron chi connectivity index (χ3n) is 2.07. The van der Waals surface area contributed by atoms with Crippen molar-refractivity contribution in [2.45, 2.75) is 30.7 Å². The summed E-state index contributed by atoms with van der Waals surface area (Å²) in [7, 11) is -4.91. The van der Waals surface area contributed by atoms with Gasteiger partial charge in [0.15, 0.2) is 6.29 Å². The van der Waals surface area contributed by atoms with E-state index in [1.165, 1.54) is 0 Å². The summed E-state index contributed by atoms with van der Waals surface area (Å²) in [5.41, 5.74) is 0. The van der Waals surface area contributed by atoms with Crippen molar-refractivity contribution in [2.24, 2.45) is 0 Å². The zero-order chi connectivity index (χ0) is 12.5. The van der Waals surface area contributed by atoms with E-state index in [-0.39, 0.29) is 0 Å². The molecule has 0 radical (unpaired) electrons. The molecule has 1 aliphatic rings. The van der Waals surface area contributed by atoms with Gasteiger partial charge in [-0.2, -0.15) is 8.42 Å². The molecular weight excluding hydrogens is 248 g/mol. The fourth-order valence-corrected chi connectivity index (χ4v) is 1.83. The zero-order valence-electron chi connectivity index (χ0n) is 7.87. The SMILES string of the molecule is O=S(=O)(O)O[C@@H]1C(O)[C@H](O)OC(CO)[C@@H]1O. The molecule has 0 amide bonds. The Kier molecular flexibility index (Phi) is 4.20. The van der Waals surface area contributed by atoms with Gasteiger partial charge in [-0.25, -0.2) is 4.18 Å². The minimum Gasteiger partial charge on any atom is -0.394 e. The highest BCUT2D eigenvalue weighted by atomic mass is 32.3. The van der Waals surface area contributed by atoms with Crippen LogP contribution in [0.2, 0.25) is 0 Å². The fraction of sp³-hybridized carbons (Fsp3) is 1.00. The van der Waals surface area contributed by atoms with E-state index in [2.05, 4.69) is 8.92 Å². The van der Waals surface area contributed by atoms with E-state index in [9.17, 15) is 18.6 Å². The Hall–Kier alpha value is -0.330. The Morgan fingerprint density at radius 1 is 1.19 bits per heavy atom.